The van der Waals surface area contributed by atoms with E-state index in [1.54, 1.807) is 0 Å². The van der Waals surface area contributed by atoms with Crippen LogP contribution in [-0.4, -0.2) is 53.2 Å². The lowest BCUT2D eigenvalue weighted by atomic mass is 10.3. The number of nitrogens with one attached hydrogen (secondary N) is 1. The summed E-state index contributed by atoms with van der Waals surface area (Å²) in [5.74, 6) is -0.940. The molecule has 1 aromatic carbocycles. The van der Waals surface area contributed by atoms with Crippen molar-refractivity contribution in [3.05, 3.63) is 34.4 Å². The standard InChI is InChI=1S/C17H23N3O7S/c1-4-5-10-26-17(23)19(3)15(11-28-18-12(2)21)16(22)27-14-8-6-13(7-9-14)20(24)25/h6-9,15H,4-5,10-11H2,1-3H3,(H,18,21)/t15-/m0/s1. The van der Waals surface area contributed by atoms with Gasteiger partial charge in [0.25, 0.3) is 5.69 Å². The van der Waals surface area contributed by atoms with Crippen molar-refractivity contribution in [1.82, 2.24) is 9.62 Å². The largest absolute Gasteiger partial charge is 0.449 e. The molecule has 0 unspecified atom stereocenters. The van der Waals surface area contributed by atoms with Crippen LogP contribution in [0.25, 0.3) is 0 Å². The third kappa shape index (κ3) is 7.82. The van der Waals surface area contributed by atoms with Crippen molar-refractivity contribution in [2.24, 2.45) is 0 Å². The predicted molar refractivity (Wildman–Crippen MR) is 103 cm³/mol. The van der Waals surface area contributed by atoms with Gasteiger partial charge < -0.3 is 14.2 Å². The van der Waals surface area contributed by atoms with E-state index in [1.165, 1.54) is 38.2 Å². The molecule has 0 spiro atoms. The van der Waals surface area contributed by atoms with Crippen molar-refractivity contribution >= 4 is 35.6 Å². The molecule has 0 aromatic heterocycles. The number of hydrogen-bond acceptors (Lipinski definition) is 8. The van der Waals surface area contributed by atoms with Gasteiger partial charge in [0.15, 0.2) is 0 Å². The van der Waals surface area contributed by atoms with Crippen LogP contribution in [0, 0.1) is 10.1 Å². The number of benzene rings is 1. The highest BCUT2D eigenvalue weighted by atomic mass is 32.2. The molecule has 10 nitrogen and oxygen atoms in total. The summed E-state index contributed by atoms with van der Waals surface area (Å²) < 4.78 is 12.8. The fourth-order valence-corrected chi connectivity index (χ4v) is 2.72. The van der Waals surface area contributed by atoms with Crippen LogP contribution in [0.5, 0.6) is 5.75 Å². The second kappa shape index (κ2) is 11.8. The zero-order valence-electron chi connectivity index (χ0n) is 15.9. The highest BCUT2D eigenvalue weighted by molar-refractivity contribution is 7.98. The zero-order chi connectivity index (χ0) is 21.1. The summed E-state index contributed by atoms with van der Waals surface area (Å²) >= 11 is 0.950. The van der Waals surface area contributed by atoms with Crippen LogP contribution in [-0.2, 0) is 14.3 Å². The van der Waals surface area contributed by atoms with E-state index < -0.39 is 23.0 Å². The molecule has 2 amide bonds. The summed E-state index contributed by atoms with van der Waals surface area (Å²) in [6.45, 7) is 3.49. The molecule has 28 heavy (non-hydrogen) atoms. The van der Waals surface area contributed by atoms with Gasteiger partial charge in [0, 0.05) is 31.9 Å². The van der Waals surface area contributed by atoms with Crippen LogP contribution in [0.4, 0.5) is 10.5 Å². The highest BCUT2D eigenvalue weighted by Crippen LogP contribution is 2.19. The molecule has 0 radical (unpaired) electrons. The first kappa shape index (κ1) is 23.2. The molecule has 0 aliphatic rings. The van der Waals surface area contributed by atoms with Gasteiger partial charge in [-0.1, -0.05) is 13.3 Å². The number of rotatable bonds is 10. The van der Waals surface area contributed by atoms with Crippen molar-refractivity contribution in [3.8, 4) is 5.75 Å². The molecule has 154 valence electrons. The average Bonchev–Trinajstić information content (AvgIpc) is 2.65. The summed E-state index contributed by atoms with van der Waals surface area (Å²) in [5, 5.41) is 10.7. The highest BCUT2D eigenvalue weighted by Gasteiger charge is 2.30. The Hall–Kier alpha value is -2.82. The number of nitrogens with zero attached hydrogens (tertiary/aromatic N) is 2. The third-order valence-electron chi connectivity index (χ3n) is 3.47. The zero-order valence-corrected chi connectivity index (χ0v) is 16.7. The SMILES string of the molecule is CCCCOC(=O)N(C)[C@@H](CSNC(C)=O)C(=O)Oc1ccc([N+](=O)[O-])cc1. The van der Waals surface area contributed by atoms with Crippen molar-refractivity contribution in [2.75, 3.05) is 19.4 Å². The minimum absolute atomic E-state index is 0.0325. The molecular formula is C17H23N3O7S. The van der Waals surface area contributed by atoms with Crippen molar-refractivity contribution in [3.63, 3.8) is 0 Å². The Morgan fingerprint density at radius 3 is 2.46 bits per heavy atom. The van der Waals surface area contributed by atoms with E-state index in [0.717, 1.165) is 23.3 Å². The van der Waals surface area contributed by atoms with Gasteiger partial charge in [0.05, 0.1) is 11.5 Å². The molecule has 0 saturated carbocycles. The second-order valence-corrected chi connectivity index (χ2v) is 6.56. The minimum atomic E-state index is -1.04. The number of hydrogen-bond donors (Lipinski definition) is 1. The molecule has 0 saturated heterocycles. The Morgan fingerprint density at radius 2 is 1.93 bits per heavy atom. The van der Waals surface area contributed by atoms with E-state index in [2.05, 4.69) is 4.72 Å². The predicted octanol–water partition coefficient (Wildman–Crippen LogP) is 2.52. The number of likely N-dealkylation sites (N-methyl/N-ethyl adjacent to an activating group) is 1. The van der Waals surface area contributed by atoms with Gasteiger partial charge in [0.1, 0.15) is 11.8 Å². The van der Waals surface area contributed by atoms with E-state index in [-0.39, 0.29) is 29.7 Å². The molecule has 1 atom stereocenters. The number of carbonyl (C=O) groups is 3. The Bertz CT molecular complexity index is 696. The quantitative estimate of drug-likeness (QED) is 0.155. The fraction of sp³-hybridized carbons (Fsp3) is 0.471. The summed E-state index contributed by atoms with van der Waals surface area (Å²) in [6, 6.07) is 3.93. The van der Waals surface area contributed by atoms with Gasteiger partial charge in [-0.15, -0.1) is 0 Å². The Morgan fingerprint density at radius 1 is 1.29 bits per heavy atom. The van der Waals surface area contributed by atoms with Crippen molar-refractivity contribution in [1.29, 1.82) is 0 Å². The lowest BCUT2D eigenvalue weighted by molar-refractivity contribution is -0.384. The maximum absolute atomic E-state index is 12.6. The summed E-state index contributed by atoms with van der Waals surface area (Å²) in [4.78, 5) is 47.0. The van der Waals surface area contributed by atoms with Gasteiger partial charge in [-0.3, -0.25) is 19.8 Å². The van der Waals surface area contributed by atoms with Gasteiger partial charge in [-0.05, 0) is 30.5 Å². The van der Waals surface area contributed by atoms with Crippen LogP contribution in [0.15, 0.2) is 24.3 Å². The number of amides is 2. The number of non-ortho nitro benzene ring substituents is 1. The first-order valence-electron chi connectivity index (χ1n) is 8.50. The van der Waals surface area contributed by atoms with Crippen molar-refractivity contribution in [2.45, 2.75) is 32.7 Å². The molecule has 0 fully saturated rings. The third-order valence-corrected chi connectivity index (χ3v) is 4.39. The minimum Gasteiger partial charge on any atom is -0.449 e. The molecule has 0 aliphatic heterocycles. The maximum Gasteiger partial charge on any atom is 0.410 e. The van der Waals surface area contributed by atoms with Gasteiger partial charge in [0.2, 0.25) is 5.91 Å². The van der Waals surface area contributed by atoms with E-state index in [0.29, 0.717) is 6.42 Å². The number of ether oxygens (including phenoxy) is 2. The topological polar surface area (TPSA) is 128 Å². The van der Waals surface area contributed by atoms with E-state index in [4.69, 9.17) is 9.47 Å². The molecule has 0 bridgehead atoms. The molecule has 1 aromatic rings. The second-order valence-electron chi connectivity index (χ2n) is 5.74. The fourth-order valence-electron chi connectivity index (χ4n) is 1.91. The van der Waals surface area contributed by atoms with Crippen LogP contribution < -0.4 is 9.46 Å². The number of unbranched alkanes of at least 4 members (excludes halogenated alkanes) is 1. The van der Waals surface area contributed by atoms with Crippen LogP contribution in [0.2, 0.25) is 0 Å². The van der Waals surface area contributed by atoms with Gasteiger partial charge in [-0.25, -0.2) is 9.59 Å². The van der Waals surface area contributed by atoms with Crippen LogP contribution >= 0.6 is 11.9 Å². The first-order valence-corrected chi connectivity index (χ1v) is 9.48. The summed E-state index contributed by atoms with van der Waals surface area (Å²) in [6.07, 6.45) is 0.849. The lowest BCUT2D eigenvalue weighted by Gasteiger charge is -2.25. The number of esters is 1. The smallest absolute Gasteiger partial charge is 0.410 e. The molecule has 1 N–H and O–H groups in total. The summed E-state index contributed by atoms with van der Waals surface area (Å²) in [7, 11) is 1.39. The normalized spacial score (nSPS) is 11.2. The molecule has 11 heteroatoms. The first-order chi connectivity index (χ1) is 13.3. The maximum atomic E-state index is 12.6. The molecule has 0 aliphatic carbocycles. The van der Waals surface area contributed by atoms with Crippen LogP contribution in [0.1, 0.15) is 26.7 Å². The average molecular weight is 413 g/mol. The van der Waals surface area contributed by atoms with Gasteiger partial charge in [-0.2, -0.15) is 0 Å². The Balaban J connectivity index is 2.83. The summed E-state index contributed by atoms with van der Waals surface area (Å²) in [5.41, 5.74) is -0.144. The lowest BCUT2D eigenvalue weighted by Crippen LogP contribution is -2.46. The van der Waals surface area contributed by atoms with E-state index >= 15 is 0 Å². The van der Waals surface area contributed by atoms with E-state index in [1.807, 2.05) is 6.92 Å². The molecular weight excluding hydrogens is 390 g/mol. The molecule has 0 heterocycles. The Labute approximate surface area is 166 Å². The number of nitro groups is 1. The van der Waals surface area contributed by atoms with Gasteiger partial charge >= 0.3 is 12.1 Å². The van der Waals surface area contributed by atoms with Crippen molar-refractivity contribution < 1.29 is 28.8 Å². The van der Waals surface area contributed by atoms with Crippen LogP contribution in [0.3, 0.4) is 0 Å². The number of carbonyl (C=O) groups excluding carboxylic acids is 3. The molecule has 1 rings (SSSR count). The van der Waals surface area contributed by atoms with E-state index in [9.17, 15) is 24.5 Å². The monoisotopic (exact) mass is 413 g/mol. The Kier molecular flexibility index (Phi) is 9.79. The number of nitro benzene ring substituents is 1.